The number of amides is 3. The predicted octanol–water partition coefficient (Wildman–Crippen LogP) is 0.513. The van der Waals surface area contributed by atoms with Gasteiger partial charge >= 0.3 is 12.1 Å². The number of nitrogens with zero attached hydrogens (tertiary/aromatic N) is 4. The number of hydrogen-bond acceptors (Lipinski definition) is 12. The first-order chi connectivity index (χ1) is 16.9. The van der Waals surface area contributed by atoms with Crippen LogP contribution < -0.4 is 16.4 Å². The first-order valence-corrected chi connectivity index (χ1v) is 12.6. The van der Waals surface area contributed by atoms with E-state index in [1.54, 1.807) is 27.7 Å². The number of fused-ring (bicyclic) bond motifs is 1. The summed E-state index contributed by atoms with van der Waals surface area (Å²) in [6.07, 6.45) is 1.28. The van der Waals surface area contributed by atoms with Gasteiger partial charge in [0.15, 0.2) is 5.13 Å². The van der Waals surface area contributed by atoms with Gasteiger partial charge in [0.25, 0.3) is 11.8 Å². The molecule has 2 unspecified atom stereocenters. The minimum Gasteiger partial charge on any atom is -0.477 e. The molecule has 3 amide bonds. The van der Waals surface area contributed by atoms with Crippen molar-refractivity contribution in [2.45, 2.75) is 56.4 Å². The summed E-state index contributed by atoms with van der Waals surface area (Å²) in [6, 6.07) is -0.966. The Morgan fingerprint density at radius 2 is 2.06 bits per heavy atom. The summed E-state index contributed by atoms with van der Waals surface area (Å²) in [6.45, 7) is 7.34. The SMILES string of the molecule is CC1C=C(C(=O)O)N2C(=O)C(NC(=O)C(=NOCCCNC(=O)OC(C)(C)C)c3nsc(N)n3)[C@@H]2S1. The van der Waals surface area contributed by atoms with Gasteiger partial charge in [-0.2, -0.15) is 9.36 Å². The van der Waals surface area contributed by atoms with Crippen molar-refractivity contribution in [2.75, 3.05) is 18.9 Å². The van der Waals surface area contributed by atoms with Crippen LogP contribution in [-0.4, -0.2) is 84.4 Å². The quantitative estimate of drug-likeness (QED) is 0.147. The van der Waals surface area contributed by atoms with E-state index in [9.17, 15) is 24.3 Å². The predicted molar refractivity (Wildman–Crippen MR) is 131 cm³/mol. The minimum atomic E-state index is -1.22. The fourth-order valence-corrected chi connectivity index (χ4v) is 4.97. The van der Waals surface area contributed by atoms with E-state index < -0.39 is 40.9 Å². The number of oxime groups is 1. The molecule has 3 atom stereocenters. The Bertz CT molecular complexity index is 1100. The molecule has 1 aromatic heterocycles. The number of β-lactam (4-membered cyclic amide) rings is 1. The molecule has 1 saturated heterocycles. The molecule has 0 aromatic carbocycles. The van der Waals surface area contributed by atoms with Gasteiger partial charge in [0.1, 0.15) is 29.3 Å². The number of hydrogen-bond donors (Lipinski definition) is 4. The molecule has 0 aliphatic carbocycles. The Balaban J connectivity index is 1.60. The van der Waals surface area contributed by atoms with Crippen LogP contribution in [0.5, 0.6) is 0 Å². The number of aromatic nitrogens is 2. The first kappa shape index (κ1) is 27.2. The summed E-state index contributed by atoms with van der Waals surface area (Å²) in [4.78, 5) is 59.1. The van der Waals surface area contributed by atoms with E-state index in [0.717, 1.165) is 16.4 Å². The van der Waals surface area contributed by atoms with Gasteiger partial charge in [-0.15, -0.1) is 11.8 Å². The second-order valence-corrected chi connectivity index (χ2v) is 11.0. The van der Waals surface area contributed by atoms with Crippen LogP contribution in [0.3, 0.4) is 0 Å². The zero-order valence-electron chi connectivity index (χ0n) is 20.0. The van der Waals surface area contributed by atoms with E-state index in [-0.39, 0.29) is 40.8 Å². The Hall–Kier alpha value is -3.40. The van der Waals surface area contributed by atoms with Crippen molar-refractivity contribution in [3.63, 3.8) is 0 Å². The number of thioether (sulfide) groups is 1. The molecule has 36 heavy (non-hydrogen) atoms. The van der Waals surface area contributed by atoms with Gasteiger partial charge in [0.05, 0.1) is 0 Å². The molecule has 2 aliphatic heterocycles. The number of carboxylic acids is 1. The number of nitrogens with one attached hydrogen (secondary N) is 2. The minimum absolute atomic E-state index is 0.0467. The number of carbonyl (C=O) groups excluding carboxylic acids is 3. The monoisotopic (exact) mass is 541 g/mol. The van der Waals surface area contributed by atoms with E-state index in [4.69, 9.17) is 15.3 Å². The van der Waals surface area contributed by atoms with Crippen LogP contribution in [0.4, 0.5) is 9.93 Å². The van der Waals surface area contributed by atoms with Gasteiger partial charge in [-0.25, -0.2) is 9.59 Å². The largest absolute Gasteiger partial charge is 0.477 e. The van der Waals surface area contributed by atoms with E-state index >= 15 is 0 Å². The molecule has 0 bridgehead atoms. The second kappa shape index (κ2) is 11.1. The maximum atomic E-state index is 13.0. The maximum Gasteiger partial charge on any atom is 0.407 e. The molecule has 196 valence electrons. The Labute approximate surface area is 214 Å². The van der Waals surface area contributed by atoms with Gasteiger partial charge in [-0.1, -0.05) is 5.16 Å². The molecule has 0 radical (unpaired) electrons. The summed E-state index contributed by atoms with van der Waals surface area (Å²) in [5.74, 6) is -2.64. The first-order valence-electron chi connectivity index (χ1n) is 10.9. The normalized spacial score (nSPS) is 21.6. The molecule has 16 heteroatoms. The molecule has 0 spiro atoms. The molecule has 3 rings (SSSR count). The highest BCUT2D eigenvalue weighted by Crippen LogP contribution is 2.40. The third-order valence-electron chi connectivity index (χ3n) is 4.66. The molecule has 14 nitrogen and oxygen atoms in total. The lowest BCUT2D eigenvalue weighted by Gasteiger charge is -2.49. The lowest BCUT2D eigenvalue weighted by Crippen LogP contribution is -2.71. The molecule has 3 heterocycles. The van der Waals surface area contributed by atoms with Crippen LogP contribution >= 0.6 is 23.3 Å². The smallest absolute Gasteiger partial charge is 0.407 e. The van der Waals surface area contributed by atoms with Gasteiger partial charge in [-0.3, -0.25) is 14.5 Å². The van der Waals surface area contributed by atoms with Crippen LogP contribution in [0.1, 0.15) is 39.9 Å². The number of carboxylic acid groups (broad SMARTS) is 1. The molecular weight excluding hydrogens is 514 g/mol. The van der Waals surface area contributed by atoms with Crippen molar-refractivity contribution in [1.29, 1.82) is 0 Å². The highest BCUT2D eigenvalue weighted by molar-refractivity contribution is 8.00. The van der Waals surface area contributed by atoms with Crippen molar-refractivity contribution in [3.8, 4) is 0 Å². The number of aliphatic carboxylic acids is 1. The average molecular weight is 542 g/mol. The molecule has 0 saturated carbocycles. The summed E-state index contributed by atoms with van der Waals surface area (Å²) in [5.41, 5.74) is 4.60. The van der Waals surface area contributed by atoms with Crippen molar-refractivity contribution < 1.29 is 33.9 Å². The lowest BCUT2D eigenvalue weighted by molar-refractivity contribution is -0.150. The molecule has 5 N–H and O–H groups in total. The number of nitrogen functional groups attached to an aromatic ring is 1. The van der Waals surface area contributed by atoms with Gasteiger partial charge in [-0.05, 0) is 33.8 Å². The lowest BCUT2D eigenvalue weighted by atomic mass is 10.0. The zero-order chi connectivity index (χ0) is 26.6. The average Bonchev–Trinajstić information content (AvgIpc) is 3.20. The van der Waals surface area contributed by atoms with Crippen molar-refractivity contribution in [2.24, 2.45) is 5.16 Å². The molecule has 1 fully saturated rings. The third-order valence-corrected chi connectivity index (χ3v) is 6.53. The van der Waals surface area contributed by atoms with Crippen molar-refractivity contribution in [1.82, 2.24) is 24.9 Å². The molecular formula is C20H27N7O7S2. The molecule has 2 aliphatic rings. The maximum absolute atomic E-state index is 13.0. The number of nitrogens with two attached hydrogens (primary N) is 1. The fourth-order valence-electron chi connectivity index (χ4n) is 3.20. The summed E-state index contributed by atoms with van der Waals surface area (Å²) < 4.78 is 9.11. The van der Waals surface area contributed by atoms with E-state index in [1.165, 1.54) is 17.8 Å². The summed E-state index contributed by atoms with van der Waals surface area (Å²) >= 11 is 2.19. The zero-order valence-corrected chi connectivity index (χ0v) is 21.6. The number of rotatable bonds is 9. The molecule has 1 aromatic rings. The van der Waals surface area contributed by atoms with Gasteiger partial charge in [0, 0.05) is 29.7 Å². The van der Waals surface area contributed by atoms with Gasteiger partial charge in [0.2, 0.25) is 11.5 Å². The van der Waals surface area contributed by atoms with E-state index in [1.807, 2.05) is 0 Å². The van der Waals surface area contributed by atoms with Crippen LogP contribution in [0.25, 0.3) is 0 Å². The Morgan fingerprint density at radius 3 is 2.67 bits per heavy atom. The second-order valence-electron chi connectivity index (χ2n) is 8.76. The van der Waals surface area contributed by atoms with Crippen LogP contribution in [0, 0.1) is 0 Å². The number of alkyl carbamates (subject to hydrolysis) is 1. The number of carbonyl (C=O) groups is 4. The van der Waals surface area contributed by atoms with Crippen LogP contribution in [-0.2, 0) is 24.0 Å². The van der Waals surface area contributed by atoms with Crippen molar-refractivity contribution >= 4 is 58.0 Å². The van der Waals surface area contributed by atoms with Crippen molar-refractivity contribution in [3.05, 3.63) is 17.6 Å². The van der Waals surface area contributed by atoms with Crippen LogP contribution in [0.15, 0.2) is 16.9 Å². The van der Waals surface area contributed by atoms with E-state index in [0.29, 0.717) is 6.42 Å². The Morgan fingerprint density at radius 1 is 1.33 bits per heavy atom. The standard InChI is InChI=1S/C20H27N7O7S2/c1-9-8-10(17(30)31)27-15(29)12(16(27)35-9)23-14(28)11(13-24-18(21)36-26-13)25-33-7-5-6-22-19(32)34-20(2,3)4/h8-9,12,16H,5-7H2,1-4H3,(H,22,32)(H,23,28)(H,30,31)(H2,21,24,26)/t9?,12?,16-/m0/s1. The highest BCUT2D eigenvalue weighted by atomic mass is 32.2. The Kier molecular flexibility index (Phi) is 8.39. The highest BCUT2D eigenvalue weighted by Gasteiger charge is 2.54. The summed E-state index contributed by atoms with van der Waals surface area (Å²) in [5, 5.41) is 17.7. The van der Waals surface area contributed by atoms with E-state index in [2.05, 4.69) is 25.1 Å². The van der Waals surface area contributed by atoms with Crippen LogP contribution in [0.2, 0.25) is 0 Å². The topological polar surface area (TPSA) is 198 Å². The number of ether oxygens (including phenoxy) is 1. The summed E-state index contributed by atoms with van der Waals surface area (Å²) in [7, 11) is 0. The van der Waals surface area contributed by atoms with Gasteiger partial charge < -0.3 is 31.0 Å². The number of anilines is 1. The third kappa shape index (κ3) is 6.63. The fraction of sp³-hybridized carbons (Fsp3) is 0.550.